The minimum atomic E-state index is -0.349. The van der Waals surface area contributed by atoms with Gasteiger partial charge < -0.3 is 15.4 Å². The van der Waals surface area contributed by atoms with Crippen molar-refractivity contribution in [2.75, 3.05) is 24.3 Å². The summed E-state index contributed by atoms with van der Waals surface area (Å²) in [5.74, 6) is -0.349. The summed E-state index contributed by atoms with van der Waals surface area (Å²) < 4.78 is 6.19. The Bertz CT molecular complexity index is 642. The molecule has 0 aliphatic carbocycles. The minimum absolute atomic E-state index is 0.342. The largest absolute Gasteiger partial charge is 0.462 e. The first-order valence-corrected chi connectivity index (χ1v) is 8.19. The van der Waals surface area contributed by atoms with Crippen LogP contribution in [0.25, 0.3) is 0 Å². The van der Waals surface area contributed by atoms with E-state index in [2.05, 4.69) is 27.4 Å². The van der Waals surface area contributed by atoms with E-state index < -0.39 is 0 Å². The fourth-order valence-electron chi connectivity index (χ4n) is 2.05. The van der Waals surface area contributed by atoms with Crippen LogP contribution in [0.1, 0.15) is 22.8 Å². The number of thiophene rings is 1. The van der Waals surface area contributed by atoms with Crippen molar-refractivity contribution in [2.24, 2.45) is 0 Å². The van der Waals surface area contributed by atoms with Crippen molar-refractivity contribution in [1.29, 1.82) is 0 Å². The number of hydrogen-bond donors (Lipinski definition) is 1. The van der Waals surface area contributed by atoms with Crippen molar-refractivity contribution in [3.63, 3.8) is 0 Å². The maximum absolute atomic E-state index is 12.1. The molecule has 0 radical (unpaired) electrons. The first kappa shape index (κ1) is 15.9. The Balaban J connectivity index is 2.27. The van der Waals surface area contributed by atoms with Crippen LogP contribution in [0.4, 0.5) is 11.4 Å². The molecule has 0 unspecified atom stereocenters. The summed E-state index contributed by atoms with van der Waals surface area (Å²) in [6, 6.07) is 7.37. The molecule has 0 atom stereocenters. The minimum Gasteiger partial charge on any atom is -0.462 e. The van der Waals surface area contributed by atoms with Gasteiger partial charge in [0.25, 0.3) is 0 Å². The van der Waals surface area contributed by atoms with Gasteiger partial charge in [-0.3, -0.25) is 0 Å². The summed E-state index contributed by atoms with van der Waals surface area (Å²) >= 11 is 5.10. The summed E-state index contributed by atoms with van der Waals surface area (Å²) in [4.78, 5) is 14.1. The normalized spacial score (nSPS) is 10.4. The fourth-order valence-corrected chi connectivity index (χ4v) is 3.25. The Hall–Kier alpha value is -1.53. The van der Waals surface area contributed by atoms with Gasteiger partial charge in [-0.05, 0) is 58.1 Å². The van der Waals surface area contributed by atoms with E-state index in [4.69, 9.17) is 10.5 Å². The molecule has 2 aromatic rings. The van der Waals surface area contributed by atoms with E-state index >= 15 is 0 Å². The average Bonchev–Trinajstić information content (AvgIpc) is 2.84. The third kappa shape index (κ3) is 3.98. The van der Waals surface area contributed by atoms with Crippen molar-refractivity contribution in [2.45, 2.75) is 13.5 Å². The zero-order valence-electron chi connectivity index (χ0n) is 11.9. The number of nitrogens with zero attached hydrogens (tertiary/aromatic N) is 1. The Kier molecular flexibility index (Phi) is 5.25. The predicted octanol–water partition coefficient (Wildman–Crippen LogP) is 3.91. The van der Waals surface area contributed by atoms with Gasteiger partial charge in [-0.1, -0.05) is 0 Å². The molecule has 4 nitrogen and oxygen atoms in total. The number of esters is 1. The molecule has 2 N–H and O–H groups in total. The van der Waals surface area contributed by atoms with Crippen LogP contribution >= 0.6 is 27.3 Å². The summed E-state index contributed by atoms with van der Waals surface area (Å²) in [5, 5.41) is 2.09. The quantitative estimate of drug-likeness (QED) is 0.642. The van der Waals surface area contributed by atoms with E-state index in [0.29, 0.717) is 24.4 Å². The molecule has 0 saturated carbocycles. The Labute approximate surface area is 136 Å². The van der Waals surface area contributed by atoms with Gasteiger partial charge in [-0.2, -0.15) is 0 Å². The van der Waals surface area contributed by atoms with Crippen molar-refractivity contribution < 1.29 is 9.53 Å². The van der Waals surface area contributed by atoms with Crippen LogP contribution in [0.5, 0.6) is 0 Å². The SMILES string of the molecule is CCOC(=O)c1cc(N)ccc1N(C)Cc1csc(Br)c1. The van der Waals surface area contributed by atoms with Gasteiger partial charge in [0.05, 0.1) is 21.6 Å². The maximum atomic E-state index is 12.1. The van der Waals surface area contributed by atoms with Gasteiger partial charge >= 0.3 is 5.97 Å². The van der Waals surface area contributed by atoms with Gasteiger partial charge in [-0.15, -0.1) is 11.3 Å². The number of ether oxygens (including phenoxy) is 1. The molecule has 112 valence electrons. The van der Waals surface area contributed by atoms with Crippen LogP contribution in [0, 0.1) is 0 Å². The number of carbonyl (C=O) groups is 1. The van der Waals surface area contributed by atoms with Crippen LogP contribution < -0.4 is 10.6 Å². The fraction of sp³-hybridized carbons (Fsp3) is 0.267. The van der Waals surface area contributed by atoms with Crippen LogP contribution in [0.2, 0.25) is 0 Å². The highest BCUT2D eigenvalue weighted by Gasteiger charge is 2.16. The van der Waals surface area contributed by atoms with Gasteiger partial charge in [0, 0.05) is 19.3 Å². The summed E-state index contributed by atoms with van der Waals surface area (Å²) in [5.41, 5.74) is 8.82. The number of carbonyl (C=O) groups excluding carboxylic acids is 1. The van der Waals surface area contributed by atoms with E-state index in [0.717, 1.165) is 9.47 Å². The zero-order valence-corrected chi connectivity index (χ0v) is 14.3. The lowest BCUT2D eigenvalue weighted by molar-refractivity contribution is 0.0527. The number of benzene rings is 1. The molecule has 0 aliphatic heterocycles. The Morgan fingerprint density at radius 2 is 2.19 bits per heavy atom. The zero-order chi connectivity index (χ0) is 15.4. The second-order valence-electron chi connectivity index (χ2n) is 4.61. The predicted molar refractivity (Wildman–Crippen MR) is 90.9 cm³/mol. The van der Waals surface area contributed by atoms with E-state index in [1.807, 2.05) is 18.0 Å². The molecule has 0 bridgehead atoms. The number of nitrogens with two attached hydrogens (primary N) is 1. The summed E-state index contributed by atoms with van der Waals surface area (Å²) in [7, 11) is 1.94. The second kappa shape index (κ2) is 6.95. The number of anilines is 2. The highest BCUT2D eigenvalue weighted by molar-refractivity contribution is 9.11. The molecule has 2 rings (SSSR count). The standard InChI is InChI=1S/C15H17BrN2O2S/c1-3-20-15(19)12-7-11(17)4-5-13(12)18(2)8-10-6-14(16)21-9-10/h4-7,9H,3,8,17H2,1-2H3. The topological polar surface area (TPSA) is 55.6 Å². The molecule has 0 amide bonds. The van der Waals surface area contributed by atoms with Gasteiger partial charge in [-0.25, -0.2) is 4.79 Å². The monoisotopic (exact) mass is 368 g/mol. The average molecular weight is 369 g/mol. The molecule has 0 saturated heterocycles. The molecule has 0 fully saturated rings. The third-order valence-electron chi connectivity index (χ3n) is 2.97. The summed E-state index contributed by atoms with van der Waals surface area (Å²) in [6.07, 6.45) is 0. The van der Waals surface area contributed by atoms with E-state index in [-0.39, 0.29) is 5.97 Å². The van der Waals surface area contributed by atoms with Gasteiger partial charge in [0.2, 0.25) is 0 Å². The third-order valence-corrected chi connectivity index (χ3v) is 4.52. The number of rotatable bonds is 5. The van der Waals surface area contributed by atoms with Crippen LogP contribution in [-0.4, -0.2) is 19.6 Å². The number of halogens is 1. The van der Waals surface area contributed by atoms with Crippen molar-refractivity contribution >= 4 is 44.6 Å². The highest BCUT2D eigenvalue weighted by atomic mass is 79.9. The van der Waals surface area contributed by atoms with Gasteiger partial charge in [0.1, 0.15) is 0 Å². The van der Waals surface area contributed by atoms with Gasteiger partial charge in [0.15, 0.2) is 0 Å². The molecule has 1 aromatic carbocycles. The highest BCUT2D eigenvalue weighted by Crippen LogP contribution is 2.27. The molecule has 1 heterocycles. The molecular weight excluding hydrogens is 352 g/mol. The van der Waals surface area contributed by atoms with Crippen LogP contribution in [0.3, 0.4) is 0 Å². The lowest BCUT2D eigenvalue weighted by Crippen LogP contribution is -2.20. The molecule has 21 heavy (non-hydrogen) atoms. The van der Waals surface area contributed by atoms with E-state index in [1.54, 1.807) is 30.4 Å². The van der Waals surface area contributed by atoms with E-state index in [9.17, 15) is 4.79 Å². The molecular formula is C15H17BrN2O2S. The van der Waals surface area contributed by atoms with Crippen molar-refractivity contribution in [1.82, 2.24) is 0 Å². The molecule has 1 aromatic heterocycles. The van der Waals surface area contributed by atoms with Crippen LogP contribution in [0.15, 0.2) is 33.4 Å². The number of hydrogen-bond acceptors (Lipinski definition) is 5. The molecule has 6 heteroatoms. The Morgan fingerprint density at radius 1 is 1.43 bits per heavy atom. The first-order valence-electron chi connectivity index (χ1n) is 6.52. The lowest BCUT2D eigenvalue weighted by atomic mass is 10.1. The molecule has 0 spiro atoms. The smallest absolute Gasteiger partial charge is 0.340 e. The number of nitrogen functional groups attached to an aromatic ring is 1. The van der Waals surface area contributed by atoms with Crippen molar-refractivity contribution in [3.05, 3.63) is 44.6 Å². The lowest BCUT2D eigenvalue weighted by Gasteiger charge is -2.21. The second-order valence-corrected chi connectivity index (χ2v) is 6.90. The van der Waals surface area contributed by atoms with Crippen LogP contribution in [-0.2, 0) is 11.3 Å². The Morgan fingerprint density at radius 3 is 2.81 bits per heavy atom. The van der Waals surface area contributed by atoms with E-state index in [1.165, 1.54) is 5.56 Å². The molecule has 0 aliphatic rings. The first-order chi connectivity index (χ1) is 10.0. The maximum Gasteiger partial charge on any atom is 0.340 e. The van der Waals surface area contributed by atoms with Crippen molar-refractivity contribution in [3.8, 4) is 0 Å². The summed E-state index contributed by atoms with van der Waals surface area (Å²) in [6.45, 7) is 2.84.